The monoisotopic (exact) mass is 240 g/mol. The van der Waals surface area contributed by atoms with Crippen molar-refractivity contribution < 1.29 is 9.90 Å². The Balaban J connectivity index is 1.81. The molecule has 2 rings (SSSR count). The number of carboxylic acid groups (broad SMARTS) is 1. The summed E-state index contributed by atoms with van der Waals surface area (Å²) < 4.78 is 0. The molecular weight excluding hydrogens is 224 g/mol. The van der Waals surface area contributed by atoms with Gasteiger partial charge >= 0.3 is 5.97 Å². The van der Waals surface area contributed by atoms with Gasteiger partial charge in [-0.05, 0) is 25.0 Å². The van der Waals surface area contributed by atoms with Gasteiger partial charge in [0.25, 0.3) is 0 Å². The predicted octanol–water partition coefficient (Wildman–Crippen LogP) is 1.94. The summed E-state index contributed by atoms with van der Waals surface area (Å²) in [6, 6.07) is 3.55. The van der Waals surface area contributed by atoms with Gasteiger partial charge in [0.2, 0.25) is 0 Å². The molecule has 4 nitrogen and oxygen atoms in total. The molecule has 0 amide bonds. The van der Waals surface area contributed by atoms with Crippen LogP contribution in [-0.4, -0.2) is 29.2 Å². The Bertz CT molecular complexity index is 359. The van der Waals surface area contributed by atoms with Crippen LogP contribution in [0.5, 0.6) is 0 Å². The molecule has 0 spiro atoms. The Hall–Kier alpha value is -0.910. The SMILES string of the molecule is O=C(O)c1ccc(CNN2CCCCC2)s1. The van der Waals surface area contributed by atoms with Crippen LogP contribution in [0.2, 0.25) is 0 Å². The first kappa shape index (κ1) is 11.6. The molecule has 0 aliphatic carbocycles. The number of hydrogen-bond acceptors (Lipinski definition) is 4. The molecule has 1 aromatic rings. The second kappa shape index (κ2) is 5.43. The van der Waals surface area contributed by atoms with E-state index < -0.39 is 5.97 Å². The molecule has 1 aromatic heterocycles. The maximum absolute atomic E-state index is 10.7. The standard InChI is InChI=1S/C11H16N2O2S/c14-11(15)10-5-4-9(16-10)8-12-13-6-2-1-3-7-13/h4-5,12H,1-3,6-8H2,(H,14,15). The van der Waals surface area contributed by atoms with E-state index in [-0.39, 0.29) is 0 Å². The van der Waals surface area contributed by atoms with Gasteiger partial charge < -0.3 is 5.11 Å². The molecule has 16 heavy (non-hydrogen) atoms. The van der Waals surface area contributed by atoms with E-state index in [1.165, 1.54) is 30.6 Å². The molecule has 1 aliphatic rings. The summed E-state index contributed by atoms with van der Waals surface area (Å²) in [5, 5.41) is 11.0. The zero-order valence-electron chi connectivity index (χ0n) is 9.11. The minimum atomic E-state index is -0.839. The van der Waals surface area contributed by atoms with E-state index in [1.54, 1.807) is 6.07 Å². The van der Waals surface area contributed by atoms with Gasteiger partial charge in [-0.25, -0.2) is 15.2 Å². The molecule has 2 N–H and O–H groups in total. The largest absolute Gasteiger partial charge is 0.477 e. The molecule has 0 saturated carbocycles. The Morgan fingerprint density at radius 3 is 2.75 bits per heavy atom. The first-order valence-electron chi connectivity index (χ1n) is 5.56. The van der Waals surface area contributed by atoms with Crippen LogP contribution in [0.1, 0.15) is 33.8 Å². The second-order valence-electron chi connectivity index (χ2n) is 3.95. The highest BCUT2D eigenvalue weighted by Gasteiger charge is 2.10. The Morgan fingerprint density at radius 1 is 1.38 bits per heavy atom. The molecule has 0 atom stereocenters. The van der Waals surface area contributed by atoms with Crippen molar-refractivity contribution in [1.82, 2.24) is 10.4 Å². The van der Waals surface area contributed by atoms with E-state index in [2.05, 4.69) is 10.4 Å². The lowest BCUT2D eigenvalue weighted by Gasteiger charge is -2.26. The van der Waals surface area contributed by atoms with Crippen molar-refractivity contribution in [2.24, 2.45) is 0 Å². The number of carbonyl (C=O) groups is 1. The zero-order valence-corrected chi connectivity index (χ0v) is 9.92. The molecule has 0 unspecified atom stereocenters. The van der Waals surface area contributed by atoms with Crippen molar-refractivity contribution in [2.45, 2.75) is 25.8 Å². The highest BCUT2D eigenvalue weighted by atomic mass is 32.1. The summed E-state index contributed by atoms with van der Waals surface area (Å²) >= 11 is 1.34. The van der Waals surface area contributed by atoms with Crippen molar-refractivity contribution in [3.05, 3.63) is 21.9 Å². The van der Waals surface area contributed by atoms with Crippen molar-refractivity contribution in [3.8, 4) is 0 Å². The number of rotatable bonds is 4. The first-order chi connectivity index (χ1) is 7.75. The van der Waals surface area contributed by atoms with Gasteiger partial charge in [0, 0.05) is 24.5 Å². The lowest BCUT2D eigenvalue weighted by atomic mass is 10.2. The molecule has 1 saturated heterocycles. The number of carboxylic acids is 1. The third-order valence-electron chi connectivity index (χ3n) is 2.71. The molecule has 5 heteroatoms. The lowest BCUT2D eigenvalue weighted by molar-refractivity contribution is 0.0702. The van der Waals surface area contributed by atoms with Crippen LogP contribution in [0.15, 0.2) is 12.1 Å². The number of piperidine rings is 1. The highest BCUT2D eigenvalue weighted by molar-refractivity contribution is 7.13. The van der Waals surface area contributed by atoms with Crippen LogP contribution in [0.4, 0.5) is 0 Å². The number of hydrogen-bond donors (Lipinski definition) is 2. The van der Waals surface area contributed by atoms with Crippen LogP contribution in [0.25, 0.3) is 0 Å². The van der Waals surface area contributed by atoms with Crippen LogP contribution >= 0.6 is 11.3 Å². The fraction of sp³-hybridized carbons (Fsp3) is 0.545. The topological polar surface area (TPSA) is 52.6 Å². The van der Waals surface area contributed by atoms with Crippen LogP contribution in [0, 0.1) is 0 Å². The molecule has 2 heterocycles. The average Bonchev–Trinajstić information content (AvgIpc) is 2.76. The number of thiophene rings is 1. The third kappa shape index (κ3) is 3.04. The van der Waals surface area contributed by atoms with E-state index in [0.717, 1.165) is 24.5 Å². The molecule has 88 valence electrons. The number of nitrogens with one attached hydrogen (secondary N) is 1. The average molecular weight is 240 g/mol. The summed E-state index contributed by atoms with van der Waals surface area (Å²) in [7, 11) is 0. The maximum atomic E-state index is 10.7. The van der Waals surface area contributed by atoms with Crippen molar-refractivity contribution in [1.29, 1.82) is 0 Å². The Labute approximate surface area is 98.9 Å². The van der Waals surface area contributed by atoms with E-state index >= 15 is 0 Å². The number of nitrogens with zero attached hydrogens (tertiary/aromatic N) is 1. The number of aromatic carboxylic acids is 1. The molecule has 0 radical (unpaired) electrons. The van der Waals surface area contributed by atoms with Gasteiger partial charge in [-0.2, -0.15) is 0 Å². The number of hydrazine groups is 1. The quantitative estimate of drug-likeness (QED) is 0.844. The van der Waals surface area contributed by atoms with Gasteiger partial charge in [0.05, 0.1) is 0 Å². The minimum absolute atomic E-state index is 0.412. The van der Waals surface area contributed by atoms with Crippen LogP contribution < -0.4 is 5.43 Å². The van der Waals surface area contributed by atoms with Crippen molar-refractivity contribution in [2.75, 3.05) is 13.1 Å². The molecule has 0 bridgehead atoms. The fourth-order valence-corrected chi connectivity index (χ4v) is 2.61. The summed E-state index contributed by atoms with van der Waals surface area (Å²) in [4.78, 5) is 12.2. The third-order valence-corrected chi connectivity index (χ3v) is 3.78. The van der Waals surface area contributed by atoms with Gasteiger partial charge in [-0.1, -0.05) is 6.42 Å². The summed E-state index contributed by atoms with van der Waals surface area (Å²) in [6.07, 6.45) is 3.82. The molecule has 0 aromatic carbocycles. The summed E-state index contributed by atoms with van der Waals surface area (Å²) in [6.45, 7) is 2.92. The first-order valence-corrected chi connectivity index (χ1v) is 6.38. The maximum Gasteiger partial charge on any atom is 0.345 e. The van der Waals surface area contributed by atoms with Crippen molar-refractivity contribution in [3.63, 3.8) is 0 Å². The molecule has 1 fully saturated rings. The van der Waals surface area contributed by atoms with Crippen LogP contribution in [-0.2, 0) is 6.54 Å². The van der Waals surface area contributed by atoms with Gasteiger partial charge in [0.1, 0.15) is 4.88 Å². The van der Waals surface area contributed by atoms with Gasteiger partial charge in [0.15, 0.2) is 0 Å². The second-order valence-corrected chi connectivity index (χ2v) is 5.12. The predicted molar refractivity (Wildman–Crippen MR) is 63.5 cm³/mol. The Kier molecular flexibility index (Phi) is 3.93. The minimum Gasteiger partial charge on any atom is -0.477 e. The normalized spacial score (nSPS) is 17.5. The van der Waals surface area contributed by atoms with Crippen LogP contribution in [0.3, 0.4) is 0 Å². The van der Waals surface area contributed by atoms with Gasteiger partial charge in [-0.15, -0.1) is 11.3 Å². The highest BCUT2D eigenvalue weighted by Crippen LogP contribution is 2.16. The molecular formula is C11H16N2O2S. The molecule has 1 aliphatic heterocycles. The Morgan fingerprint density at radius 2 is 2.12 bits per heavy atom. The van der Waals surface area contributed by atoms with E-state index in [1.807, 2.05) is 6.07 Å². The van der Waals surface area contributed by atoms with E-state index in [4.69, 9.17) is 5.11 Å². The van der Waals surface area contributed by atoms with E-state index in [0.29, 0.717) is 4.88 Å². The van der Waals surface area contributed by atoms with Crippen molar-refractivity contribution >= 4 is 17.3 Å². The lowest BCUT2D eigenvalue weighted by Crippen LogP contribution is -2.40. The van der Waals surface area contributed by atoms with Gasteiger partial charge in [-0.3, -0.25) is 0 Å². The zero-order chi connectivity index (χ0) is 11.4. The van der Waals surface area contributed by atoms with E-state index in [9.17, 15) is 4.79 Å². The summed E-state index contributed by atoms with van der Waals surface area (Å²) in [5.74, 6) is -0.839. The summed E-state index contributed by atoms with van der Waals surface area (Å²) in [5.41, 5.74) is 3.34. The fourth-order valence-electron chi connectivity index (χ4n) is 1.83. The smallest absolute Gasteiger partial charge is 0.345 e.